The Morgan fingerprint density at radius 2 is 1.81 bits per heavy atom. The van der Waals surface area contributed by atoms with E-state index in [0.717, 1.165) is 54.9 Å². The molecule has 1 aliphatic heterocycles. The van der Waals surface area contributed by atoms with Gasteiger partial charge < -0.3 is 4.90 Å². The van der Waals surface area contributed by atoms with E-state index >= 15 is 0 Å². The number of aromatic nitrogens is 3. The average Bonchev–Trinajstić information content (AvgIpc) is 2.84. The van der Waals surface area contributed by atoms with Crippen LogP contribution in [0.1, 0.15) is 43.9 Å². The third kappa shape index (κ3) is 4.82. The molecule has 6 heteroatoms. The van der Waals surface area contributed by atoms with Crippen molar-refractivity contribution >= 4 is 0 Å². The zero-order chi connectivity index (χ0) is 22.6. The Balaban J connectivity index is 1.67. The highest BCUT2D eigenvalue weighted by Crippen LogP contribution is 2.35. The molecule has 32 heavy (non-hydrogen) atoms. The summed E-state index contributed by atoms with van der Waals surface area (Å²) in [5.74, 6) is 0.983. The van der Waals surface area contributed by atoms with Gasteiger partial charge in [-0.3, -0.25) is 4.98 Å². The molecule has 0 atom stereocenters. The van der Waals surface area contributed by atoms with Gasteiger partial charge in [-0.15, -0.1) is 0 Å². The zero-order valence-electron chi connectivity index (χ0n) is 18.5. The molecule has 0 aliphatic carbocycles. The molecule has 0 saturated carbocycles. The van der Waals surface area contributed by atoms with Gasteiger partial charge in [0.15, 0.2) is 5.82 Å². The van der Waals surface area contributed by atoms with Crippen LogP contribution in [0.4, 0.5) is 0 Å². The molecule has 0 bridgehead atoms. The van der Waals surface area contributed by atoms with Crippen LogP contribution in [0.25, 0.3) is 22.5 Å². The highest BCUT2D eigenvalue weighted by atomic mass is 15.1. The highest BCUT2D eigenvalue weighted by Gasteiger charge is 2.28. The topological polar surface area (TPSA) is 89.5 Å². The summed E-state index contributed by atoms with van der Waals surface area (Å²) in [6.07, 6.45) is 7.33. The van der Waals surface area contributed by atoms with Crippen LogP contribution in [-0.2, 0) is 0 Å². The van der Waals surface area contributed by atoms with Crippen molar-refractivity contribution in [2.45, 2.75) is 32.6 Å². The maximum atomic E-state index is 9.38. The van der Waals surface area contributed by atoms with E-state index in [1.54, 1.807) is 12.4 Å². The molecule has 1 fully saturated rings. The summed E-state index contributed by atoms with van der Waals surface area (Å²) in [5.41, 5.74) is 4.19. The van der Waals surface area contributed by atoms with E-state index < -0.39 is 0 Å². The minimum Gasteiger partial charge on any atom is -0.302 e. The summed E-state index contributed by atoms with van der Waals surface area (Å²) in [5, 5.41) is 18.7. The van der Waals surface area contributed by atoms with E-state index in [9.17, 15) is 10.5 Å². The second-order valence-corrected chi connectivity index (χ2v) is 8.97. The van der Waals surface area contributed by atoms with Gasteiger partial charge in [0.25, 0.3) is 0 Å². The van der Waals surface area contributed by atoms with E-state index in [1.165, 1.54) is 0 Å². The first kappa shape index (κ1) is 21.6. The van der Waals surface area contributed by atoms with Gasteiger partial charge in [-0.05, 0) is 69.6 Å². The molecule has 0 spiro atoms. The van der Waals surface area contributed by atoms with Gasteiger partial charge in [0.1, 0.15) is 0 Å². The Morgan fingerprint density at radius 3 is 2.50 bits per heavy atom. The third-order valence-electron chi connectivity index (χ3n) is 5.96. The van der Waals surface area contributed by atoms with E-state index in [1.807, 2.05) is 56.4 Å². The Labute approximate surface area is 189 Å². The number of nitrogens with zero attached hydrogens (tertiary/aromatic N) is 6. The summed E-state index contributed by atoms with van der Waals surface area (Å²) in [4.78, 5) is 16.1. The van der Waals surface area contributed by atoms with Crippen molar-refractivity contribution in [1.82, 2.24) is 19.9 Å². The van der Waals surface area contributed by atoms with E-state index in [2.05, 4.69) is 27.0 Å². The lowest BCUT2D eigenvalue weighted by atomic mass is 9.87. The molecule has 3 heterocycles. The molecule has 0 amide bonds. The van der Waals surface area contributed by atoms with Crippen LogP contribution in [0.2, 0.25) is 0 Å². The predicted octanol–water partition coefficient (Wildman–Crippen LogP) is 4.81. The van der Waals surface area contributed by atoms with E-state index in [4.69, 9.17) is 4.98 Å². The molecule has 1 aromatic carbocycles. The van der Waals surface area contributed by atoms with Crippen LogP contribution >= 0.6 is 0 Å². The van der Waals surface area contributed by atoms with Crippen molar-refractivity contribution < 1.29 is 0 Å². The maximum Gasteiger partial charge on any atom is 0.159 e. The molecule has 6 nitrogen and oxygen atoms in total. The summed E-state index contributed by atoms with van der Waals surface area (Å²) >= 11 is 0. The van der Waals surface area contributed by atoms with Gasteiger partial charge in [-0.2, -0.15) is 10.5 Å². The monoisotopic (exact) mass is 422 g/mol. The standard InChI is InChI=1S/C26H26N6/c1-26(2,17-28)18-32-12-8-20(9-13-32)24-23(22-5-3-4-19(14-22)15-27)16-30-25(31-24)21-6-10-29-11-7-21/h3-7,10-11,14,16,20H,8-9,12-13,18H2,1-2H3. The highest BCUT2D eigenvalue weighted by molar-refractivity contribution is 5.69. The van der Waals surface area contributed by atoms with Gasteiger partial charge in [0.05, 0.1) is 28.8 Å². The molecule has 1 saturated heterocycles. The fraction of sp³-hybridized carbons (Fsp3) is 0.346. The normalized spacial score (nSPS) is 15.1. The van der Waals surface area contributed by atoms with Crippen LogP contribution < -0.4 is 0 Å². The Kier molecular flexibility index (Phi) is 6.25. The molecule has 0 radical (unpaired) electrons. The molecule has 4 rings (SSSR count). The van der Waals surface area contributed by atoms with Crippen molar-refractivity contribution in [2.75, 3.05) is 19.6 Å². The Morgan fingerprint density at radius 1 is 1.06 bits per heavy atom. The lowest BCUT2D eigenvalue weighted by Gasteiger charge is -2.35. The molecule has 2 aromatic heterocycles. The lowest BCUT2D eigenvalue weighted by molar-refractivity contribution is 0.169. The smallest absolute Gasteiger partial charge is 0.159 e. The third-order valence-corrected chi connectivity index (χ3v) is 5.96. The molecule has 0 unspecified atom stereocenters. The van der Waals surface area contributed by atoms with Crippen LogP contribution in [0, 0.1) is 28.1 Å². The quantitative estimate of drug-likeness (QED) is 0.586. The second-order valence-electron chi connectivity index (χ2n) is 8.97. The number of pyridine rings is 1. The minimum absolute atomic E-state index is 0.292. The van der Waals surface area contributed by atoms with Crippen LogP contribution in [0.15, 0.2) is 55.0 Å². The van der Waals surface area contributed by atoms with Gasteiger partial charge >= 0.3 is 0 Å². The largest absolute Gasteiger partial charge is 0.302 e. The first-order chi connectivity index (χ1) is 15.5. The minimum atomic E-state index is -0.348. The van der Waals surface area contributed by atoms with E-state index in [0.29, 0.717) is 17.3 Å². The number of likely N-dealkylation sites (tertiary alicyclic amines) is 1. The first-order valence-electron chi connectivity index (χ1n) is 10.9. The molecular weight excluding hydrogens is 396 g/mol. The Bertz CT molecular complexity index is 1160. The second kappa shape index (κ2) is 9.26. The van der Waals surface area contributed by atoms with Crippen molar-refractivity contribution in [1.29, 1.82) is 10.5 Å². The molecule has 1 aliphatic rings. The number of hydrogen-bond donors (Lipinski definition) is 0. The van der Waals surface area contributed by atoms with Crippen molar-refractivity contribution in [3.8, 4) is 34.7 Å². The van der Waals surface area contributed by atoms with Crippen LogP contribution in [0.5, 0.6) is 0 Å². The summed E-state index contributed by atoms with van der Waals surface area (Å²) < 4.78 is 0. The van der Waals surface area contributed by atoms with Crippen molar-refractivity contribution in [2.24, 2.45) is 5.41 Å². The number of rotatable bonds is 5. The van der Waals surface area contributed by atoms with E-state index in [-0.39, 0.29) is 5.41 Å². The Hall–Kier alpha value is -3.61. The first-order valence-corrected chi connectivity index (χ1v) is 10.9. The van der Waals surface area contributed by atoms with Gasteiger partial charge in [0, 0.05) is 42.2 Å². The maximum absolute atomic E-state index is 9.38. The summed E-state index contributed by atoms with van der Waals surface area (Å²) in [7, 11) is 0. The predicted molar refractivity (Wildman–Crippen MR) is 123 cm³/mol. The number of benzene rings is 1. The van der Waals surface area contributed by atoms with Gasteiger partial charge in [0.2, 0.25) is 0 Å². The van der Waals surface area contributed by atoms with Crippen molar-refractivity contribution in [3.63, 3.8) is 0 Å². The lowest BCUT2D eigenvalue weighted by Crippen LogP contribution is -2.39. The summed E-state index contributed by atoms with van der Waals surface area (Å²) in [6, 6.07) is 16.1. The zero-order valence-corrected chi connectivity index (χ0v) is 18.5. The summed E-state index contributed by atoms with van der Waals surface area (Å²) in [6.45, 7) is 6.62. The number of hydrogen-bond acceptors (Lipinski definition) is 6. The van der Waals surface area contributed by atoms with Crippen molar-refractivity contribution in [3.05, 3.63) is 66.2 Å². The van der Waals surface area contributed by atoms with Gasteiger partial charge in [-0.25, -0.2) is 9.97 Å². The van der Waals surface area contributed by atoms with Crippen LogP contribution in [0.3, 0.4) is 0 Å². The molecular formula is C26H26N6. The molecule has 3 aromatic rings. The SMILES string of the molecule is CC(C)(C#N)CN1CCC(c2nc(-c3ccncc3)ncc2-c2cccc(C#N)c2)CC1. The fourth-order valence-electron chi connectivity index (χ4n) is 4.28. The molecule has 160 valence electrons. The average molecular weight is 423 g/mol. The van der Waals surface area contributed by atoms with Gasteiger partial charge in [-0.1, -0.05) is 12.1 Å². The van der Waals surface area contributed by atoms with Crippen LogP contribution in [-0.4, -0.2) is 39.5 Å². The fourth-order valence-corrected chi connectivity index (χ4v) is 4.28. The number of piperidine rings is 1. The molecule has 0 N–H and O–H groups in total. The number of nitriles is 2.